The summed E-state index contributed by atoms with van der Waals surface area (Å²) in [6.07, 6.45) is 7.89. The van der Waals surface area contributed by atoms with Crippen LogP contribution in [-0.2, 0) is 4.79 Å². The van der Waals surface area contributed by atoms with Gasteiger partial charge in [-0.3, -0.25) is 4.79 Å². The summed E-state index contributed by atoms with van der Waals surface area (Å²) in [7, 11) is 0. The molecule has 0 aromatic carbocycles. The second-order valence-corrected chi connectivity index (χ2v) is 3.88. The zero-order chi connectivity index (χ0) is 9.40. The Labute approximate surface area is 75.9 Å². The highest BCUT2D eigenvalue weighted by Crippen LogP contribution is 2.16. The van der Waals surface area contributed by atoms with Gasteiger partial charge in [0.05, 0.1) is 0 Å². The highest BCUT2D eigenvalue weighted by molar-refractivity contribution is 5.64. The van der Waals surface area contributed by atoms with Gasteiger partial charge in [0.15, 0.2) is 0 Å². The first-order valence-corrected chi connectivity index (χ1v) is 4.77. The highest BCUT2D eigenvalue weighted by Gasteiger charge is 2.02. The molecule has 1 heteroatoms. The van der Waals surface area contributed by atoms with Crippen LogP contribution in [0.4, 0.5) is 0 Å². The lowest BCUT2D eigenvalue weighted by molar-refractivity contribution is -0.104. The summed E-state index contributed by atoms with van der Waals surface area (Å²) in [6, 6.07) is 0. The molecule has 0 amide bonds. The van der Waals surface area contributed by atoms with Crippen LogP contribution < -0.4 is 0 Å². The van der Waals surface area contributed by atoms with Crippen LogP contribution in [-0.4, -0.2) is 6.29 Å². The van der Waals surface area contributed by atoms with E-state index in [1.165, 1.54) is 12.8 Å². The van der Waals surface area contributed by atoms with E-state index in [2.05, 4.69) is 20.8 Å². The molecule has 0 aromatic rings. The molecule has 0 spiro atoms. The standard InChI is InChI=1S/C11H20O/c1-10(2)9-11(3)7-5-4-6-8-12/h4,6,8,10-11H,5,7,9H2,1-3H3. The van der Waals surface area contributed by atoms with Crippen molar-refractivity contribution >= 4 is 6.29 Å². The number of carbonyl (C=O) groups is 1. The third kappa shape index (κ3) is 7.52. The number of hydrogen-bond acceptors (Lipinski definition) is 1. The van der Waals surface area contributed by atoms with Crippen LogP contribution in [0.3, 0.4) is 0 Å². The van der Waals surface area contributed by atoms with Crippen LogP contribution in [0.15, 0.2) is 12.2 Å². The number of rotatable bonds is 6. The zero-order valence-corrected chi connectivity index (χ0v) is 8.42. The molecule has 70 valence electrons. The van der Waals surface area contributed by atoms with E-state index in [-0.39, 0.29) is 0 Å². The molecule has 0 saturated carbocycles. The van der Waals surface area contributed by atoms with Gasteiger partial charge in [-0.2, -0.15) is 0 Å². The summed E-state index contributed by atoms with van der Waals surface area (Å²) in [4.78, 5) is 9.94. The zero-order valence-electron chi connectivity index (χ0n) is 8.42. The van der Waals surface area contributed by atoms with Crippen LogP contribution in [0.25, 0.3) is 0 Å². The number of carbonyl (C=O) groups excluding carboxylic acids is 1. The first-order valence-electron chi connectivity index (χ1n) is 4.77. The molecule has 0 bridgehead atoms. The van der Waals surface area contributed by atoms with E-state index in [9.17, 15) is 4.79 Å². The molecule has 1 unspecified atom stereocenters. The summed E-state index contributed by atoms with van der Waals surface area (Å²) in [6.45, 7) is 6.77. The second kappa shape index (κ2) is 7.08. The first kappa shape index (κ1) is 11.4. The van der Waals surface area contributed by atoms with Gasteiger partial charge in [-0.15, -0.1) is 0 Å². The van der Waals surface area contributed by atoms with Gasteiger partial charge in [-0.05, 0) is 37.2 Å². The Balaban J connectivity index is 3.36. The van der Waals surface area contributed by atoms with Crippen LogP contribution in [0.5, 0.6) is 0 Å². The van der Waals surface area contributed by atoms with Crippen LogP contribution in [0.2, 0.25) is 0 Å². The lowest BCUT2D eigenvalue weighted by Crippen LogP contribution is -1.99. The van der Waals surface area contributed by atoms with Crippen molar-refractivity contribution in [3.05, 3.63) is 12.2 Å². The average Bonchev–Trinajstić information content (AvgIpc) is 1.97. The molecular weight excluding hydrogens is 148 g/mol. The lowest BCUT2D eigenvalue weighted by atomic mass is 9.95. The molecule has 1 atom stereocenters. The average molecular weight is 168 g/mol. The largest absolute Gasteiger partial charge is 0.299 e. The minimum Gasteiger partial charge on any atom is -0.299 e. The quantitative estimate of drug-likeness (QED) is 0.439. The fourth-order valence-electron chi connectivity index (χ4n) is 1.46. The van der Waals surface area contributed by atoms with Crippen LogP contribution in [0.1, 0.15) is 40.0 Å². The molecule has 0 radical (unpaired) electrons. The molecule has 0 saturated heterocycles. The molecule has 0 aromatic heterocycles. The molecule has 0 aliphatic heterocycles. The summed E-state index contributed by atoms with van der Waals surface area (Å²) in [5, 5.41) is 0. The van der Waals surface area contributed by atoms with Crippen molar-refractivity contribution in [2.24, 2.45) is 11.8 Å². The molecule has 0 heterocycles. The molecule has 0 fully saturated rings. The Kier molecular flexibility index (Phi) is 6.73. The minimum atomic E-state index is 0.779. The van der Waals surface area contributed by atoms with E-state index in [0.717, 1.165) is 24.5 Å². The molecule has 0 aliphatic carbocycles. The van der Waals surface area contributed by atoms with E-state index in [4.69, 9.17) is 0 Å². The van der Waals surface area contributed by atoms with Crippen LogP contribution >= 0.6 is 0 Å². The van der Waals surface area contributed by atoms with Gasteiger partial charge >= 0.3 is 0 Å². The molecule has 0 aliphatic rings. The Morgan fingerprint density at radius 1 is 1.25 bits per heavy atom. The third-order valence-corrected chi connectivity index (χ3v) is 1.91. The Morgan fingerprint density at radius 2 is 1.92 bits per heavy atom. The van der Waals surface area contributed by atoms with E-state index < -0.39 is 0 Å². The summed E-state index contributed by atoms with van der Waals surface area (Å²) >= 11 is 0. The number of allylic oxidation sites excluding steroid dienone is 2. The van der Waals surface area contributed by atoms with E-state index >= 15 is 0 Å². The maximum atomic E-state index is 9.94. The Hall–Kier alpha value is -0.590. The normalized spacial score (nSPS) is 14.0. The molecule has 0 rings (SSSR count). The third-order valence-electron chi connectivity index (χ3n) is 1.91. The van der Waals surface area contributed by atoms with Crippen LogP contribution in [0, 0.1) is 11.8 Å². The van der Waals surface area contributed by atoms with Crippen molar-refractivity contribution in [3.8, 4) is 0 Å². The van der Waals surface area contributed by atoms with E-state index in [1.54, 1.807) is 6.08 Å². The van der Waals surface area contributed by atoms with E-state index in [1.807, 2.05) is 6.08 Å². The highest BCUT2D eigenvalue weighted by atomic mass is 16.1. The van der Waals surface area contributed by atoms with Crippen molar-refractivity contribution in [2.75, 3.05) is 0 Å². The lowest BCUT2D eigenvalue weighted by Gasteiger charge is -2.11. The topological polar surface area (TPSA) is 17.1 Å². The number of hydrogen-bond donors (Lipinski definition) is 0. The summed E-state index contributed by atoms with van der Waals surface area (Å²) in [5.74, 6) is 1.57. The van der Waals surface area contributed by atoms with Gasteiger partial charge in [0, 0.05) is 0 Å². The smallest absolute Gasteiger partial charge is 0.142 e. The monoisotopic (exact) mass is 168 g/mol. The van der Waals surface area contributed by atoms with Gasteiger partial charge < -0.3 is 0 Å². The minimum absolute atomic E-state index is 0.779. The van der Waals surface area contributed by atoms with Crippen molar-refractivity contribution in [3.63, 3.8) is 0 Å². The van der Waals surface area contributed by atoms with Crippen molar-refractivity contribution in [1.82, 2.24) is 0 Å². The summed E-state index contributed by atoms with van der Waals surface area (Å²) < 4.78 is 0. The van der Waals surface area contributed by atoms with Gasteiger partial charge in [-0.1, -0.05) is 26.8 Å². The SMILES string of the molecule is CC(C)CC(C)CCC=CC=O. The molecule has 0 N–H and O–H groups in total. The fraction of sp³-hybridized carbons (Fsp3) is 0.727. The molecule has 1 nitrogen and oxygen atoms in total. The van der Waals surface area contributed by atoms with Gasteiger partial charge in [-0.25, -0.2) is 0 Å². The van der Waals surface area contributed by atoms with Gasteiger partial charge in [0.1, 0.15) is 6.29 Å². The Morgan fingerprint density at radius 3 is 2.42 bits per heavy atom. The maximum Gasteiger partial charge on any atom is 0.142 e. The predicted molar refractivity (Wildman–Crippen MR) is 53.1 cm³/mol. The maximum absolute atomic E-state index is 9.94. The molecular formula is C11H20O. The van der Waals surface area contributed by atoms with Crippen molar-refractivity contribution in [2.45, 2.75) is 40.0 Å². The van der Waals surface area contributed by atoms with E-state index in [0.29, 0.717) is 0 Å². The Bertz CT molecular complexity index is 136. The van der Waals surface area contributed by atoms with Gasteiger partial charge in [0.25, 0.3) is 0 Å². The first-order chi connectivity index (χ1) is 5.66. The second-order valence-electron chi connectivity index (χ2n) is 3.88. The number of aldehydes is 1. The van der Waals surface area contributed by atoms with Crippen molar-refractivity contribution in [1.29, 1.82) is 0 Å². The van der Waals surface area contributed by atoms with Gasteiger partial charge in [0.2, 0.25) is 0 Å². The van der Waals surface area contributed by atoms with Crippen molar-refractivity contribution < 1.29 is 4.79 Å². The fourth-order valence-corrected chi connectivity index (χ4v) is 1.46. The molecule has 12 heavy (non-hydrogen) atoms. The predicted octanol–water partition coefficient (Wildman–Crippen LogP) is 3.20. The summed E-state index contributed by atoms with van der Waals surface area (Å²) in [5.41, 5.74) is 0.